The number of carbonyl (C=O) groups is 1. The predicted octanol–water partition coefficient (Wildman–Crippen LogP) is 1.41. The lowest BCUT2D eigenvalue weighted by Gasteiger charge is -2.19. The second-order valence-electron chi connectivity index (χ2n) is 5.98. The number of nitrogens with two attached hydrogens (primary N) is 1. The standard InChI is InChI=1S/C15H29N3O3S/c1-5-8-13(16)10-12-17-14(19)9-6-7-11-18-22(20,21)15(2,3)4/h5,8,10,18H,6-7,9,11-12,16H2,1-4H3,(H,17,19)/b8-5-,13-10+. The van der Waals surface area contributed by atoms with Crippen LogP contribution >= 0.6 is 0 Å². The highest BCUT2D eigenvalue weighted by molar-refractivity contribution is 7.90. The molecule has 22 heavy (non-hydrogen) atoms. The number of amides is 1. The number of carbonyl (C=O) groups excluding carboxylic acids is 1. The molecule has 0 aliphatic rings. The van der Waals surface area contributed by atoms with Crippen LogP contribution < -0.4 is 15.8 Å². The van der Waals surface area contributed by atoms with E-state index in [4.69, 9.17) is 5.73 Å². The Hall–Kier alpha value is -1.34. The highest BCUT2D eigenvalue weighted by atomic mass is 32.2. The Balaban J connectivity index is 3.85. The molecule has 0 aromatic carbocycles. The van der Waals surface area contributed by atoms with Gasteiger partial charge in [0.2, 0.25) is 15.9 Å². The summed E-state index contributed by atoms with van der Waals surface area (Å²) in [5, 5.41) is 2.74. The second kappa shape index (κ2) is 9.63. The van der Waals surface area contributed by atoms with Crippen molar-refractivity contribution in [1.82, 2.24) is 10.0 Å². The van der Waals surface area contributed by atoms with Crippen molar-refractivity contribution in [3.8, 4) is 0 Å². The first-order valence-corrected chi connectivity index (χ1v) is 8.92. The van der Waals surface area contributed by atoms with Gasteiger partial charge in [0.1, 0.15) is 0 Å². The molecular formula is C15H29N3O3S. The van der Waals surface area contributed by atoms with E-state index in [9.17, 15) is 13.2 Å². The number of allylic oxidation sites excluding steroid dienone is 2. The minimum Gasteiger partial charge on any atom is -0.399 e. The Kier molecular flexibility index (Phi) is 9.04. The van der Waals surface area contributed by atoms with Gasteiger partial charge in [-0.3, -0.25) is 4.79 Å². The largest absolute Gasteiger partial charge is 0.399 e. The molecule has 0 unspecified atom stereocenters. The molecular weight excluding hydrogens is 302 g/mol. The van der Waals surface area contributed by atoms with Crippen molar-refractivity contribution >= 4 is 15.9 Å². The summed E-state index contributed by atoms with van der Waals surface area (Å²) in [6.45, 7) is 7.56. The molecule has 0 radical (unpaired) electrons. The Morgan fingerprint density at radius 1 is 1.23 bits per heavy atom. The van der Waals surface area contributed by atoms with E-state index < -0.39 is 14.8 Å². The van der Waals surface area contributed by atoms with Crippen molar-refractivity contribution in [3.05, 3.63) is 23.9 Å². The van der Waals surface area contributed by atoms with E-state index in [1.807, 2.05) is 13.0 Å². The smallest absolute Gasteiger partial charge is 0.220 e. The van der Waals surface area contributed by atoms with E-state index in [0.717, 1.165) is 0 Å². The minimum absolute atomic E-state index is 0.0665. The molecule has 4 N–H and O–H groups in total. The van der Waals surface area contributed by atoms with Crippen LogP contribution in [0.3, 0.4) is 0 Å². The van der Waals surface area contributed by atoms with Gasteiger partial charge in [-0.25, -0.2) is 13.1 Å². The van der Waals surface area contributed by atoms with Crippen molar-refractivity contribution in [2.45, 2.75) is 51.7 Å². The summed E-state index contributed by atoms with van der Waals surface area (Å²) >= 11 is 0. The molecule has 6 nitrogen and oxygen atoms in total. The molecule has 128 valence electrons. The fourth-order valence-electron chi connectivity index (χ4n) is 1.47. The van der Waals surface area contributed by atoms with E-state index in [-0.39, 0.29) is 5.91 Å². The normalized spacial score (nSPS) is 13.5. The molecule has 0 rings (SSSR count). The van der Waals surface area contributed by atoms with Crippen LogP contribution in [0, 0.1) is 0 Å². The molecule has 0 atom stereocenters. The molecule has 0 heterocycles. The number of sulfonamides is 1. The van der Waals surface area contributed by atoms with Crippen molar-refractivity contribution < 1.29 is 13.2 Å². The van der Waals surface area contributed by atoms with Crippen LogP contribution in [-0.2, 0) is 14.8 Å². The Morgan fingerprint density at radius 2 is 1.86 bits per heavy atom. The Labute approximate surface area is 134 Å². The maximum absolute atomic E-state index is 11.8. The maximum Gasteiger partial charge on any atom is 0.220 e. The molecule has 0 aliphatic heterocycles. The van der Waals surface area contributed by atoms with Crippen LogP contribution in [0.4, 0.5) is 0 Å². The predicted molar refractivity (Wildman–Crippen MR) is 90.6 cm³/mol. The van der Waals surface area contributed by atoms with Crippen LogP contribution in [0.2, 0.25) is 0 Å². The van der Waals surface area contributed by atoms with Crippen LogP contribution in [0.25, 0.3) is 0 Å². The lowest BCUT2D eigenvalue weighted by atomic mass is 10.2. The van der Waals surface area contributed by atoms with Gasteiger partial charge in [0.25, 0.3) is 0 Å². The summed E-state index contributed by atoms with van der Waals surface area (Å²) in [6.07, 6.45) is 6.94. The molecule has 0 aromatic heterocycles. The average molecular weight is 331 g/mol. The van der Waals surface area contributed by atoms with Gasteiger partial charge < -0.3 is 11.1 Å². The zero-order chi connectivity index (χ0) is 17.2. The van der Waals surface area contributed by atoms with Gasteiger partial charge in [-0.2, -0.15) is 0 Å². The summed E-state index contributed by atoms with van der Waals surface area (Å²) in [5.41, 5.74) is 6.25. The number of rotatable bonds is 9. The summed E-state index contributed by atoms with van der Waals surface area (Å²) < 4.78 is 25.3. The molecule has 0 bridgehead atoms. The van der Waals surface area contributed by atoms with E-state index >= 15 is 0 Å². The fourth-order valence-corrected chi connectivity index (χ4v) is 2.31. The SMILES string of the molecule is C/C=C\C(N)=C/CNC(=O)CCCCNS(=O)(=O)C(C)(C)C. The van der Waals surface area contributed by atoms with E-state index in [2.05, 4.69) is 10.0 Å². The first-order chi connectivity index (χ1) is 10.1. The summed E-state index contributed by atoms with van der Waals surface area (Å²) in [6, 6.07) is 0. The Bertz CT molecular complexity index is 503. The summed E-state index contributed by atoms with van der Waals surface area (Å²) in [5.74, 6) is -0.0665. The van der Waals surface area contributed by atoms with E-state index in [1.165, 1.54) is 0 Å². The fraction of sp³-hybridized carbons (Fsp3) is 0.667. The summed E-state index contributed by atoms with van der Waals surface area (Å²) in [4.78, 5) is 11.6. The highest BCUT2D eigenvalue weighted by Gasteiger charge is 2.27. The summed E-state index contributed by atoms with van der Waals surface area (Å²) in [7, 11) is -3.31. The monoisotopic (exact) mass is 331 g/mol. The van der Waals surface area contributed by atoms with Crippen molar-refractivity contribution in [2.24, 2.45) is 5.73 Å². The molecule has 0 saturated heterocycles. The van der Waals surface area contributed by atoms with Crippen LogP contribution in [0.1, 0.15) is 47.0 Å². The Morgan fingerprint density at radius 3 is 2.41 bits per heavy atom. The molecule has 0 fully saturated rings. The first-order valence-electron chi connectivity index (χ1n) is 7.44. The topological polar surface area (TPSA) is 101 Å². The number of hydrogen-bond donors (Lipinski definition) is 3. The van der Waals surface area contributed by atoms with Crippen LogP contribution in [0.15, 0.2) is 23.9 Å². The molecule has 0 saturated carbocycles. The van der Waals surface area contributed by atoms with E-state index in [0.29, 0.717) is 38.0 Å². The lowest BCUT2D eigenvalue weighted by Crippen LogP contribution is -2.39. The first kappa shape index (κ1) is 20.7. The van der Waals surface area contributed by atoms with Gasteiger partial charge in [-0.15, -0.1) is 0 Å². The van der Waals surface area contributed by atoms with Gasteiger partial charge in [0.15, 0.2) is 0 Å². The minimum atomic E-state index is -3.31. The number of hydrogen-bond acceptors (Lipinski definition) is 4. The van der Waals surface area contributed by atoms with Crippen molar-refractivity contribution in [3.63, 3.8) is 0 Å². The molecule has 1 amide bonds. The van der Waals surface area contributed by atoms with Gasteiger partial charge in [0, 0.05) is 25.2 Å². The molecule has 0 aromatic rings. The molecule has 7 heteroatoms. The van der Waals surface area contributed by atoms with Gasteiger partial charge >= 0.3 is 0 Å². The number of nitrogens with one attached hydrogen (secondary N) is 2. The quantitative estimate of drug-likeness (QED) is 0.439. The van der Waals surface area contributed by atoms with Gasteiger partial charge in [-0.05, 0) is 52.7 Å². The third-order valence-corrected chi connectivity index (χ3v) is 5.12. The van der Waals surface area contributed by atoms with E-state index in [1.54, 1.807) is 32.9 Å². The average Bonchev–Trinajstić information content (AvgIpc) is 2.37. The number of unbranched alkanes of at least 4 members (excludes halogenated alkanes) is 1. The second-order valence-corrected chi connectivity index (χ2v) is 8.50. The van der Waals surface area contributed by atoms with Crippen LogP contribution in [-0.4, -0.2) is 32.2 Å². The molecule has 0 spiro atoms. The zero-order valence-electron chi connectivity index (χ0n) is 14.0. The highest BCUT2D eigenvalue weighted by Crippen LogP contribution is 2.12. The van der Waals surface area contributed by atoms with Crippen molar-refractivity contribution in [2.75, 3.05) is 13.1 Å². The molecule has 0 aliphatic carbocycles. The van der Waals surface area contributed by atoms with Gasteiger partial charge in [0.05, 0.1) is 4.75 Å². The van der Waals surface area contributed by atoms with Gasteiger partial charge in [-0.1, -0.05) is 6.08 Å². The zero-order valence-corrected chi connectivity index (χ0v) is 14.8. The maximum atomic E-state index is 11.8. The van der Waals surface area contributed by atoms with Crippen LogP contribution in [0.5, 0.6) is 0 Å². The third-order valence-electron chi connectivity index (χ3n) is 2.92. The third kappa shape index (κ3) is 8.84. The lowest BCUT2D eigenvalue weighted by molar-refractivity contribution is -0.120. The van der Waals surface area contributed by atoms with Crippen molar-refractivity contribution in [1.29, 1.82) is 0 Å².